The van der Waals surface area contributed by atoms with E-state index in [4.69, 9.17) is 5.73 Å². The number of nitrogens with two attached hydrogens (primary N) is 1. The van der Waals surface area contributed by atoms with Crippen molar-refractivity contribution in [1.82, 2.24) is 4.90 Å². The van der Waals surface area contributed by atoms with E-state index in [0.717, 1.165) is 12.0 Å². The fraction of sp³-hybridized carbons (Fsp3) is 0.385. The second kappa shape index (κ2) is 5.56. The maximum Gasteiger partial charge on any atom is 0.0409 e. The number of nitrogens with zero attached hydrogens (tertiary/aromatic N) is 1. The van der Waals surface area contributed by atoms with Gasteiger partial charge in [-0.05, 0) is 31.9 Å². The number of hydrogen-bond acceptors (Lipinski definition) is 2. The van der Waals surface area contributed by atoms with E-state index in [9.17, 15) is 0 Å². The van der Waals surface area contributed by atoms with Crippen LogP contribution in [0.15, 0.2) is 47.5 Å². The molecule has 82 valence electrons. The summed E-state index contributed by atoms with van der Waals surface area (Å²) >= 11 is 0. The Bertz CT molecular complexity index is 332. The molecule has 0 bridgehead atoms. The molecule has 2 N–H and O–H groups in total. The van der Waals surface area contributed by atoms with E-state index >= 15 is 0 Å². The van der Waals surface area contributed by atoms with Crippen LogP contribution in [0.5, 0.6) is 0 Å². The zero-order valence-electron chi connectivity index (χ0n) is 9.83. The molecule has 1 aliphatic heterocycles. The van der Waals surface area contributed by atoms with E-state index in [1.54, 1.807) is 0 Å². The van der Waals surface area contributed by atoms with Gasteiger partial charge in [0.25, 0.3) is 0 Å². The molecule has 0 spiro atoms. The highest BCUT2D eigenvalue weighted by molar-refractivity contribution is 5.37. The first-order chi connectivity index (χ1) is 7.22. The van der Waals surface area contributed by atoms with E-state index < -0.39 is 0 Å². The SMILES string of the molecule is C/C=C1\C=CC(CN)=CN1/C(C)=C\CC. The third-order valence-corrected chi connectivity index (χ3v) is 2.45. The van der Waals surface area contributed by atoms with Crippen LogP contribution in [0.4, 0.5) is 0 Å². The van der Waals surface area contributed by atoms with Crippen LogP contribution in [0.25, 0.3) is 0 Å². The molecule has 1 aliphatic rings. The molecule has 2 nitrogen and oxygen atoms in total. The Morgan fingerprint density at radius 3 is 2.73 bits per heavy atom. The molecule has 0 saturated heterocycles. The van der Waals surface area contributed by atoms with Gasteiger partial charge in [0, 0.05) is 24.1 Å². The molecule has 0 atom stereocenters. The summed E-state index contributed by atoms with van der Waals surface area (Å²) in [7, 11) is 0. The molecule has 0 fully saturated rings. The maximum absolute atomic E-state index is 5.64. The molecule has 1 rings (SSSR count). The standard InChI is InChI=1S/C13H20N2/c1-4-6-11(3)15-10-12(9-14)7-8-13(15)5-2/h5-8,10H,4,9,14H2,1-3H3/b11-6-,13-5+. The van der Waals surface area contributed by atoms with Crippen molar-refractivity contribution in [3.63, 3.8) is 0 Å². The van der Waals surface area contributed by atoms with Crippen molar-refractivity contribution in [3.05, 3.63) is 47.5 Å². The van der Waals surface area contributed by atoms with Crippen molar-refractivity contribution in [3.8, 4) is 0 Å². The monoisotopic (exact) mass is 204 g/mol. The molecule has 15 heavy (non-hydrogen) atoms. The van der Waals surface area contributed by atoms with E-state index in [-0.39, 0.29) is 0 Å². The van der Waals surface area contributed by atoms with Crippen LogP contribution >= 0.6 is 0 Å². The number of hydrogen-bond donors (Lipinski definition) is 1. The zero-order valence-corrected chi connectivity index (χ0v) is 9.83. The third-order valence-electron chi connectivity index (χ3n) is 2.45. The van der Waals surface area contributed by atoms with Gasteiger partial charge in [-0.1, -0.05) is 25.2 Å². The van der Waals surface area contributed by atoms with Gasteiger partial charge < -0.3 is 10.6 Å². The minimum atomic E-state index is 0.587. The van der Waals surface area contributed by atoms with Gasteiger partial charge in [0.1, 0.15) is 0 Å². The van der Waals surface area contributed by atoms with Crippen molar-refractivity contribution >= 4 is 0 Å². The highest BCUT2D eigenvalue weighted by atomic mass is 15.1. The van der Waals surface area contributed by atoms with E-state index in [2.05, 4.69) is 49.3 Å². The third kappa shape index (κ3) is 2.83. The second-order valence-corrected chi connectivity index (χ2v) is 3.58. The van der Waals surface area contributed by atoms with Crippen molar-refractivity contribution in [2.75, 3.05) is 6.54 Å². The first-order valence-electron chi connectivity index (χ1n) is 5.44. The average Bonchev–Trinajstić information content (AvgIpc) is 2.28. The van der Waals surface area contributed by atoms with Gasteiger partial charge in [-0.15, -0.1) is 0 Å². The Hall–Kier alpha value is -1.28. The highest BCUT2D eigenvalue weighted by Gasteiger charge is 2.10. The zero-order chi connectivity index (χ0) is 11.3. The Balaban J connectivity index is 2.97. The molecule has 0 amide bonds. The lowest BCUT2D eigenvalue weighted by atomic mass is 10.1. The molecule has 0 aromatic carbocycles. The molecule has 1 heterocycles. The molecule has 0 radical (unpaired) electrons. The molecule has 0 saturated carbocycles. The molecule has 0 unspecified atom stereocenters. The van der Waals surface area contributed by atoms with Crippen molar-refractivity contribution in [1.29, 1.82) is 0 Å². The molecular weight excluding hydrogens is 184 g/mol. The molecule has 0 aromatic rings. The Labute approximate surface area is 92.5 Å². The van der Waals surface area contributed by atoms with Crippen LogP contribution in [-0.4, -0.2) is 11.4 Å². The largest absolute Gasteiger partial charge is 0.326 e. The van der Waals surface area contributed by atoms with Gasteiger partial charge in [0.15, 0.2) is 0 Å². The summed E-state index contributed by atoms with van der Waals surface area (Å²) in [5.74, 6) is 0. The van der Waals surface area contributed by atoms with Gasteiger partial charge in [-0.3, -0.25) is 0 Å². The first kappa shape index (κ1) is 11.8. The summed E-state index contributed by atoms with van der Waals surface area (Å²) in [5, 5.41) is 0. The van der Waals surface area contributed by atoms with Crippen LogP contribution in [0.1, 0.15) is 27.2 Å². The predicted octanol–water partition coefficient (Wildman–Crippen LogP) is 2.92. The van der Waals surface area contributed by atoms with Gasteiger partial charge in [0.05, 0.1) is 0 Å². The van der Waals surface area contributed by atoms with Crippen LogP contribution in [0.2, 0.25) is 0 Å². The van der Waals surface area contributed by atoms with Crippen molar-refractivity contribution in [2.24, 2.45) is 5.73 Å². The molecule has 2 heteroatoms. The fourth-order valence-electron chi connectivity index (χ4n) is 1.61. The maximum atomic E-state index is 5.64. The van der Waals surface area contributed by atoms with Crippen molar-refractivity contribution in [2.45, 2.75) is 27.2 Å². The Morgan fingerprint density at radius 2 is 2.20 bits per heavy atom. The Morgan fingerprint density at radius 1 is 1.47 bits per heavy atom. The van der Waals surface area contributed by atoms with Gasteiger partial charge in [0.2, 0.25) is 0 Å². The second-order valence-electron chi connectivity index (χ2n) is 3.58. The normalized spacial score (nSPS) is 19.7. The molecular formula is C13H20N2. The lowest BCUT2D eigenvalue weighted by molar-refractivity contribution is 0.578. The summed E-state index contributed by atoms with van der Waals surface area (Å²) < 4.78 is 0. The number of allylic oxidation sites excluding steroid dienone is 4. The van der Waals surface area contributed by atoms with Crippen LogP contribution in [-0.2, 0) is 0 Å². The minimum Gasteiger partial charge on any atom is -0.326 e. The fourth-order valence-corrected chi connectivity index (χ4v) is 1.61. The summed E-state index contributed by atoms with van der Waals surface area (Å²) in [6.07, 6.45) is 11.7. The van der Waals surface area contributed by atoms with E-state index in [1.165, 1.54) is 11.4 Å². The van der Waals surface area contributed by atoms with E-state index in [1.807, 2.05) is 6.92 Å². The lowest BCUT2D eigenvalue weighted by Gasteiger charge is -2.26. The van der Waals surface area contributed by atoms with E-state index in [0.29, 0.717) is 6.54 Å². The predicted molar refractivity (Wildman–Crippen MR) is 65.9 cm³/mol. The summed E-state index contributed by atoms with van der Waals surface area (Å²) in [6, 6.07) is 0. The van der Waals surface area contributed by atoms with Crippen LogP contribution in [0.3, 0.4) is 0 Å². The lowest BCUT2D eigenvalue weighted by Crippen LogP contribution is -2.18. The average molecular weight is 204 g/mol. The molecule has 0 aromatic heterocycles. The first-order valence-corrected chi connectivity index (χ1v) is 5.44. The van der Waals surface area contributed by atoms with Crippen LogP contribution in [0, 0.1) is 0 Å². The summed E-state index contributed by atoms with van der Waals surface area (Å²) in [4.78, 5) is 2.19. The topological polar surface area (TPSA) is 29.3 Å². The van der Waals surface area contributed by atoms with Gasteiger partial charge >= 0.3 is 0 Å². The Kier molecular flexibility index (Phi) is 4.37. The van der Waals surface area contributed by atoms with Gasteiger partial charge in [-0.25, -0.2) is 0 Å². The quantitative estimate of drug-likeness (QED) is 0.766. The summed E-state index contributed by atoms with van der Waals surface area (Å²) in [5.41, 5.74) is 9.25. The number of rotatable bonds is 3. The minimum absolute atomic E-state index is 0.587. The highest BCUT2D eigenvalue weighted by Crippen LogP contribution is 2.21. The summed E-state index contributed by atoms with van der Waals surface area (Å²) in [6.45, 7) is 6.90. The van der Waals surface area contributed by atoms with Crippen LogP contribution < -0.4 is 5.73 Å². The van der Waals surface area contributed by atoms with Gasteiger partial charge in [-0.2, -0.15) is 0 Å². The van der Waals surface area contributed by atoms with Crippen molar-refractivity contribution < 1.29 is 0 Å². The molecule has 0 aliphatic carbocycles. The smallest absolute Gasteiger partial charge is 0.0409 e.